The van der Waals surface area contributed by atoms with Crippen LogP contribution in [0.4, 0.5) is 0 Å². The molecule has 0 aliphatic rings. The molecule has 0 aromatic heterocycles. The molecule has 0 spiro atoms. The lowest BCUT2D eigenvalue weighted by molar-refractivity contribution is -0.139. The topological polar surface area (TPSA) is 86.6 Å². The number of carboxylic acids is 1. The van der Waals surface area contributed by atoms with Crippen molar-refractivity contribution >= 4 is 34.5 Å². The fraction of sp³-hybridized carbons (Fsp3) is 0.385. The van der Waals surface area contributed by atoms with Gasteiger partial charge >= 0.3 is 5.97 Å². The quantitative estimate of drug-likeness (QED) is 0.687. The second-order valence-corrected chi connectivity index (χ2v) is 5.90. The van der Waals surface area contributed by atoms with E-state index in [9.17, 15) is 14.7 Å². The van der Waals surface area contributed by atoms with Crippen LogP contribution < -0.4 is 5.32 Å². The maximum Gasteiger partial charge on any atom is 0.326 e. The first kappa shape index (κ1) is 15.7. The minimum Gasteiger partial charge on any atom is -0.507 e. The number of rotatable bonds is 5. The molecule has 0 radical (unpaired) electrons. The van der Waals surface area contributed by atoms with Gasteiger partial charge in [0, 0.05) is 3.57 Å². The number of aromatic hydroxyl groups is 1. The maximum absolute atomic E-state index is 12.0. The molecular weight excluding hydrogens is 361 g/mol. The van der Waals surface area contributed by atoms with Crippen molar-refractivity contribution in [2.24, 2.45) is 5.92 Å². The van der Waals surface area contributed by atoms with E-state index in [1.165, 1.54) is 12.1 Å². The van der Waals surface area contributed by atoms with Crippen LogP contribution in [0.3, 0.4) is 0 Å². The first-order valence-electron chi connectivity index (χ1n) is 5.83. The van der Waals surface area contributed by atoms with Crippen LogP contribution in [0.15, 0.2) is 18.2 Å². The van der Waals surface area contributed by atoms with Gasteiger partial charge in [-0.1, -0.05) is 13.8 Å². The van der Waals surface area contributed by atoms with Crippen molar-refractivity contribution in [1.29, 1.82) is 0 Å². The molecule has 0 aliphatic carbocycles. The highest BCUT2D eigenvalue weighted by atomic mass is 127. The average Bonchev–Trinajstić information content (AvgIpc) is 2.30. The maximum atomic E-state index is 12.0. The number of nitrogens with one attached hydrogen (secondary N) is 1. The Bertz CT molecular complexity index is 488. The molecule has 1 atom stereocenters. The molecule has 19 heavy (non-hydrogen) atoms. The van der Waals surface area contributed by atoms with E-state index in [2.05, 4.69) is 5.32 Å². The molecule has 0 saturated heterocycles. The monoisotopic (exact) mass is 377 g/mol. The fourth-order valence-corrected chi connectivity index (χ4v) is 2.11. The van der Waals surface area contributed by atoms with E-state index in [0.717, 1.165) is 3.57 Å². The number of halogens is 1. The Kier molecular flexibility index (Phi) is 5.59. The normalized spacial score (nSPS) is 12.2. The molecule has 0 bridgehead atoms. The Morgan fingerprint density at radius 1 is 1.37 bits per heavy atom. The third kappa shape index (κ3) is 4.70. The Morgan fingerprint density at radius 2 is 2.00 bits per heavy atom. The van der Waals surface area contributed by atoms with Gasteiger partial charge in [0.15, 0.2) is 0 Å². The smallest absolute Gasteiger partial charge is 0.326 e. The number of benzene rings is 1. The molecule has 5 nitrogen and oxygen atoms in total. The van der Waals surface area contributed by atoms with E-state index < -0.39 is 17.9 Å². The molecule has 0 aliphatic heterocycles. The summed E-state index contributed by atoms with van der Waals surface area (Å²) in [6.45, 7) is 3.76. The van der Waals surface area contributed by atoms with Gasteiger partial charge in [0.1, 0.15) is 11.8 Å². The first-order valence-corrected chi connectivity index (χ1v) is 6.91. The molecule has 1 aromatic rings. The molecule has 0 saturated carbocycles. The van der Waals surface area contributed by atoms with Gasteiger partial charge in [0.25, 0.3) is 5.91 Å². The van der Waals surface area contributed by atoms with Crippen LogP contribution in [0.2, 0.25) is 0 Å². The number of aliphatic carboxylic acids is 1. The minimum absolute atomic E-state index is 0.0851. The highest BCUT2D eigenvalue weighted by Gasteiger charge is 2.23. The molecule has 6 heteroatoms. The molecule has 0 fully saturated rings. The SMILES string of the molecule is CC(C)C[C@@H](NC(=O)c1cc(I)ccc1O)C(=O)O. The van der Waals surface area contributed by atoms with Crippen molar-refractivity contribution < 1.29 is 19.8 Å². The van der Waals surface area contributed by atoms with Crippen molar-refractivity contribution in [3.63, 3.8) is 0 Å². The molecule has 3 N–H and O–H groups in total. The van der Waals surface area contributed by atoms with Crippen molar-refractivity contribution in [1.82, 2.24) is 5.32 Å². The Balaban J connectivity index is 2.87. The van der Waals surface area contributed by atoms with E-state index in [4.69, 9.17) is 5.11 Å². The number of carbonyl (C=O) groups is 2. The second-order valence-electron chi connectivity index (χ2n) is 4.66. The molecule has 0 unspecified atom stereocenters. The number of carbonyl (C=O) groups excluding carboxylic acids is 1. The molecule has 104 valence electrons. The highest BCUT2D eigenvalue weighted by Crippen LogP contribution is 2.20. The van der Waals surface area contributed by atoms with Gasteiger partial charge in [0.2, 0.25) is 0 Å². The zero-order valence-corrected chi connectivity index (χ0v) is 12.8. The lowest BCUT2D eigenvalue weighted by Crippen LogP contribution is -2.41. The van der Waals surface area contributed by atoms with Crippen molar-refractivity contribution in [2.45, 2.75) is 26.3 Å². The van der Waals surface area contributed by atoms with Gasteiger partial charge in [-0.15, -0.1) is 0 Å². The van der Waals surface area contributed by atoms with Crippen molar-refractivity contribution in [3.05, 3.63) is 27.3 Å². The van der Waals surface area contributed by atoms with Gasteiger partial charge in [0.05, 0.1) is 5.56 Å². The van der Waals surface area contributed by atoms with E-state index >= 15 is 0 Å². The summed E-state index contributed by atoms with van der Waals surface area (Å²) >= 11 is 2.02. The van der Waals surface area contributed by atoms with Gasteiger partial charge in [-0.2, -0.15) is 0 Å². The molecule has 0 heterocycles. The van der Waals surface area contributed by atoms with Crippen molar-refractivity contribution in [3.8, 4) is 5.75 Å². The lowest BCUT2D eigenvalue weighted by atomic mass is 10.0. The van der Waals surface area contributed by atoms with Gasteiger partial charge in [-0.3, -0.25) is 4.79 Å². The zero-order chi connectivity index (χ0) is 14.6. The number of carboxylic acid groups (broad SMARTS) is 1. The summed E-state index contributed by atoms with van der Waals surface area (Å²) in [4.78, 5) is 23.1. The number of hydrogen-bond acceptors (Lipinski definition) is 3. The highest BCUT2D eigenvalue weighted by molar-refractivity contribution is 14.1. The number of amides is 1. The first-order chi connectivity index (χ1) is 8.81. The van der Waals surface area contributed by atoms with E-state index in [0.29, 0.717) is 6.42 Å². The summed E-state index contributed by atoms with van der Waals surface area (Å²) in [6.07, 6.45) is 0.339. The van der Waals surface area contributed by atoms with Gasteiger partial charge in [-0.05, 0) is 53.1 Å². The molecular formula is C13H16INO4. The lowest BCUT2D eigenvalue weighted by Gasteiger charge is -2.16. The molecule has 1 rings (SSSR count). The van der Waals surface area contributed by atoms with Crippen LogP contribution in [0, 0.1) is 9.49 Å². The van der Waals surface area contributed by atoms with Gasteiger partial charge < -0.3 is 15.5 Å². The van der Waals surface area contributed by atoms with Crippen molar-refractivity contribution in [2.75, 3.05) is 0 Å². The summed E-state index contributed by atoms with van der Waals surface area (Å²) in [5.41, 5.74) is 0.0851. The van der Waals surface area contributed by atoms with Crippen LogP contribution in [0.25, 0.3) is 0 Å². The fourth-order valence-electron chi connectivity index (χ4n) is 1.62. The Morgan fingerprint density at radius 3 is 2.53 bits per heavy atom. The van der Waals surface area contributed by atoms with Crippen LogP contribution in [0.5, 0.6) is 5.75 Å². The number of phenols is 1. The predicted molar refractivity (Wildman–Crippen MR) is 79.2 cm³/mol. The van der Waals surface area contributed by atoms with Gasteiger partial charge in [-0.25, -0.2) is 4.79 Å². The van der Waals surface area contributed by atoms with Crippen LogP contribution >= 0.6 is 22.6 Å². The zero-order valence-electron chi connectivity index (χ0n) is 10.7. The number of phenolic OH excluding ortho intramolecular Hbond substituents is 1. The van der Waals surface area contributed by atoms with Crippen LogP contribution in [-0.2, 0) is 4.79 Å². The Labute approximate surface area is 125 Å². The second kappa shape index (κ2) is 6.74. The minimum atomic E-state index is -1.08. The Hall–Kier alpha value is -1.31. The summed E-state index contributed by atoms with van der Waals surface area (Å²) in [5, 5.41) is 21.1. The third-order valence-electron chi connectivity index (χ3n) is 2.51. The summed E-state index contributed by atoms with van der Waals surface area (Å²) < 4.78 is 0.788. The van der Waals surface area contributed by atoms with Crippen LogP contribution in [0.1, 0.15) is 30.6 Å². The predicted octanol–water partition coefficient (Wildman–Crippen LogP) is 2.23. The largest absolute Gasteiger partial charge is 0.507 e. The third-order valence-corrected chi connectivity index (χ3v) is 3.18. The van der Waals surface area contributed by atoms with E-state index in [1.807, 2.05) is 36.4 Å². The summed E-state index contributed by atoms with van der Waals surface area (Å²) in [7, 11) is 0. The molecule has 1 amide bonds. The standard InChI is InChI=1S/C13H16INO4/c1-7(2)5-10(13(18)19)15-12(17)9-6-8(14)3-4-11(9)16/h3-4,6-7,10,16H,5H2,1-2H3,(H,15,17)(H,18,19)/t10-/m1/s1. The summed E-state index contributed by atoms with van der Waals surface area (Å²) in [5.74, 6) is -1.67. The van der Waals surface area contributed by atoms with E-state index in [-0.39, 0.29) is 17.2 Å². The van der Waals surface area contributed by atoms with E-state index in [1.54, 1.807) is 6.07 Å². The number of hydrogen-bond donors (Lipinski definition) is 3. The van der Waals surface area contributed by atoms with Crippen LogP contribution in [-0.4, -0.2) is 28.1 Å². The molecule has 1 aromatic carbocycles. The summed E-state index contributed by atoms with van der Waals surface area (Å²) in [6, 6.07) is 3.63. The average molecular weight is 377 g/mol.